The molecule has 0 amide bonds. The molecule has 0 spiro atoms. The van der Waals surface area contributed by atoms with Gasteiger partial charge in [0.1, 0.15) is 0 Å². The van der Waals surface area contributed by atoms with Gasteiger partial charge in [0.2, 0.25) is 0 Å². The minimum absolute atomic E-state index is 0.385. The average Bonchev–Trinajstić information content (AvgIpc) is 2.48. The van der Waals surface area contributed by atoms with Gasteiger partial charge in [-0.3, -0.25) is 0 Å². The first-order valence-corrected chi connectivity index (χ1v) is 8.48. The summed E-state index contributed by atoms with van der Waals surface area (Å²) in [6.45, 7) is 8.42. The maximum atomic E-state index is 3.90. The fraction of sp³-hybridized carbons (Fsp3) is 0.684. The first-order valence-electron chi connectivity index (χ1n) is 8.48. The van der Waals surface area contributed by atoms with Gasteiger partial charge in [-0.1, -0.05) is 57.0 Å². The van der Waals surface area contributed by atoms with Gasteiger partial charge in [-0.15, -0.1) is 0 Å². The van der Waals surface area contributed by atoms with Gasteiger partial charge in [0.25, 0.3) is 0 Å². The van der Waals surface area contributed by atoms with Crippen LogP contribution < -0.4 is 5.32 Å². The van der Waals surface area contributed by atoms with Crippen LogP contribution >= 0.6 is 0 Å². The molecule has 5 unspecified atom stereocenters. The van der Waals surface area contributed by atoms with Crippen molar-refractivity contribution in [2.45, 2.75) is 57.9 Å². The van der Waals surface area contributed by atoms with Crippen molar-refractivity contribution in [3.8, 4) is 0 Å². The quantitative estimate of drug-likeness (QED) is 0.847. The van der Waals surface area contributed by atoms with Crippen LogP contribution in [-0.4, -0.2) is 12.1 Å². The number of piperidine rings is 1. The maximum Gasteiger partial charge on any atom is 0.0184 e. The summed E-state index contributed by atoms with van der Waals surface area (Å²) >= 11 is 0. The Morgan fingerprint density at radius 1 is 1.15 bits per heavy atom. The number of hydrogen-bond donors (Lipinski definition) is 1. The van der Waals surface area contributed by atoms with E-state index in [1.165, 1.54) is 32.2 Å². The second-order valence-corrected chi connectivity index (χ2v) is 7.19. The van der Waals surface area contributed by atoms with E-state index in [1.807, 2.05) is 0 Å². The molecule has 5 atom stereocenters. The molecule has 1 aliphatic carbocycles. The van der Waals surface area contributed by atoms with Crippen LogP contribution in [0.5, 0.6) is 0 Å². The predicted octanol–water partition coefficient (Wildman–Crippen LogP) is 4.59. The minimum atomic E-state index is 0.385. The fourth-order valence-electron chi connectivity index (χ4n) is 4.92. The lowest BCUT2D eigenvalue weighted by Gasteiger charge is -2.55. The largest absolute Gasteiger partial charge is 0.311 e. The first-order chi connectivity index (χ1) is 9.68. The topological polar surface area (TPSA) is 12.0 Å². The van der Waals surface area contributed by atoms with Gasteiger partial charge < -0.3 is 5.32 Å². The van der Waals surface area contributed by atoms with Crippen molar-refractivity contribution in [3.05, 3.63) is 35.9 Å². The fourth-order valence-corrected chi connectivity index (χ4v) is 4.92. The number of nitrogens with one attached hydrogen (secondary N) is 1. The Balaban J connectivity index is 1.93. The first kappa shape index (κ1) is 14.1. The van der Waals surface area contributed by atoms with Crippen LogP contribution in [0.4, 0.5) is 0 Å². The van der Waals surface area contributed by atoms with E-state index in [4.69, 9.17) is 0 Å². The van der Waals surface area contributed by atoms with Gasteiger partial charge in [-0.2, -0.15) is 0 Å². The zero-order chi connectivity index (χ0) is 14.2. The number of fused-ring (bicyclic) bond motifs is 2. The molecule has 1 heterocycles. The van der Waals surface area contributed by atoms with Crippen LogP contribution in [0, 0.1) is 17.8 Å². The van der Waals surface area contributed by atoms with E-state index < -0.39 is 0 Å². The van der Waals surface area contributed by atoms with Crippen molar-refractivity contribution in [1.29, 1.82) is 0 Å². The molecule has 2 fully saturated rings. The van der Waals surface area contributed by atoms with Gasteiger partial charge in [0.05, 0.1) is 0 Å². The van der Waals surface area contributed by atoms with Gasteiger partial charge >= 0.3 is 0 Å². The highest BCUT2D eigenvalue weighted by molar-refractivity contribution is 5.23. The summed E-state index contributed by atoms with van der Waals surface area (Å²) in [5.74, 6) is 3.32. The van der Waals surface area contributed by atoms with Gasteiger partial charge in [0.15, 0.2) is 0 Å². The molecule has 1 N–H and O–H groups in total. The maximum absolute atomic E-state index is 3.90. The summed E-state index contributed by atoms with van der Waals surface area (Å²) in [4.78, 5) is 0. The average molecular weight is 271 g/mol. The Bertz CT molecular complexity index is 440. The molecule has 1 heteroatoms. The summed E-state index contributed by atoms with van der Waals surface area (Å²) in [7, 11) is 0. The third-order valence-corrected chi connectivity index (χ3v) is 6.23. The van der Waals surface area contributed by atoms with Crippen molar-refractivity contribution >= 4 is 0 Å². The summed E-state index contributed by atoms with van der Waals surface area (Å²) in [5.41, 5.74) is 1.97. The molecule has 1 aliphatic heterocycles. The lowest BCUT2D eigenvalue weighted by molar-refractivity contribution is 0.0204. The molecule has 1 aromatic rings. The second kappa shape index (κ2) is 5.52. The Kier molecular flexibility index (Phi) is 3.90. The molecular weight excluding hydrogens is 242 g/mol. The van der Waals surface area contributed by atoms with Crippen molar-refractivity contribution in [2.24, 2.45) is 17.8 Å². The smallest absolute Gasteiger partial charge is 0.0184 e. The van der Waals surface area contributed by atoms with Crippen LogP contribution in [0.1, 0.15) is 57.9 Å². The zero-order valence-corrected chi connectivity index (χ0v) is 13.2. The van der Waals surface area contributed by atoms with E-state index in [0.29, 0.717) is 5.54 Å². The van der Waals surface area contributed by atoms with Gasteiger partial charge in [-0.25, -0.2) is 0 Å². The minimum Gasteiger partial charge on any atom is -0.311 e. The molecule has 3 rings (SSSR count). The molecule has 0 aromatic heterocycles. The Labute approximate surface area is 124 Å². The summed E-state index contributed by atoms with van der Waals surface area (Å²) in [5, 5.41) is 3.90. The Hall–Kier alpha value is -0.820. The third kappa shape index (κ3) is 2.30. The molecule has 1 nitrogen and oxygen atoms in total. The van der Waals surface area contributed by atoms with Crippen LogP contribution in [-0.2, 0) is 0 Å². The van der Waals surface area contributed by atoms with E-state index >= 15 is 0 Å². The molecular formula is C19H29N. The molecule has 0 radical (unpaired) electrons. The van der Waals surface area contributed by atoms with Crippen LogP contribution in [0.15, 0.2) is 30.3 Å². The third-order valence-electron chi connectivity index (χ3n) is 6.23. The molecule has 1 saturated carbocycles. The van der Waals surface area contributed by atoms with Crippen molar-refractivity contribution < 1.29 is 0 Å². The number of hydrogen-bond acceptors (Lipinski definition) is 1. The molecule has 20 heavy (non-hydrogen) atoms. The number of benzene rings is 1. The Morgan fingerprint density at radius 3 is 2.55 bits per heavy atom. The summed E-state index contributed by atoms with van der Waals surface area (Å²) in [6.07, 6.45) is 5.35. The van der Waals surface area contributed by atoms with Gasteiger partial charge in [0, 0.05) is 5.54 Å². The van der Waals surface area contributed by atoms with E-state index in [9.17, 15) is 0 Å². The second-order valence-electron chi connectivity index (χ2n) is 7.19. The van der Waals surface area contributed by atoms with E-state index in [0.717, 1.165) is 23.7 Å². The highest BCUT2D eigenvalue weighted by atomic mass is 15.0. The molecule has 1 aromatic carbocycles. The van der Waals surface area contributed by atoms with Crippen LogP contribution in [0.3, 0.4) is 0 Å². The SMILES string of the molecule is CCC1CNC2(C)CC1C(c1ccccc1)CC2CC. The van der Waals surface area contributed by atoms with Crippen molar-refractivity contribution in [2.75, 3.05) is 6.54 Å². The monoisotopic (exact) mass is 271 g/mol. The highest BCUT2D eigenvalue weighted by Gasteiger charge is 2.49. The van der Waals surface area contributed by atoms with Crippen molar-refractivity contribution in [1.82, 2.24) is 5.32 Å². The lowest BCUT2D eigenvalue weighted by atomic mass is 9.56. The zero-order valence-electron chi connectivity index (χ0n) is 13.2. The number of rotatable bonds is 3. The van der Waals surface area contributed by atoms with E-state index in [1.54, 1.807) is 5.56 Å². The molecule has 2 bridgehead atoms. The predicted molar refractivity (Wildman–Crippen MR) is 85.9 cm³/mol. The van der Waals surface area contributed by atoms with E-state index in [-0.39, 0.29) is 0 Å². The normalized spacial score (nSPS) is 40.5. The lowest BCUT2D eigenvalue weighted by Crippen LogP contribution is -2.60. The molecule has 1 saturated heterocycles. The Morgan fingerprint density at radius 2 is 1.90 bits per heavy atom. The van der Waals surface area contributed by atoms with Crippen LogP contribution in [0.25, 0.3) is 0 Å². The highest BCUT2D eigenvalue weighted by Crippen LogP contribution is 2.52. The van der Waals surface area contributed by atoms with Crippen molar-refractivity contribution in [3.63, 3.8) is 0 Å². The molecule has 2 aliphatic rings. The summed E-state index contributed by atoms with van der Waals surface area (Å²) in [6, 6.07) is 11.3. The van der Waals surface area contributed by atoms with Gasteiger partial charge in [-0.05, 0) is 55.5 Å². The van der Waals surface area contributed by atoms with Crippen LogP contribution in [0.2, 0.25) is 0 Å². The summed E-state index contributed by atoms with van der Waals surface area (Å²) < 4.78 is 0. The van der Waals surface area contributed by atoms with E-state index in [2.05, 4.69) is 56.4 Å². The molecule has 110 valence electrons. The standard InChI is InChI=1S/C19H29N/c1-4-14-13-20-19(3)12-18(14)17(11-16(19)5-2)15-9-7-6-8-10-15/h6-10,14,16-18,20H,4-5,11-13H2,1-3H3.